The van der Waals surface area contributed by atoms with Crippen LogP contribution in [0.25, 0.3) is 0 Å². The molecule has 1 fully saturated rings. The number of hydrogen-bond acceptors (Lipinski definition) is 7. The van der Waals surface area contributed by atoms with Crippen molar-refractivity contribution < 1.29 is 28.7 Å². The molecule has 0 aliphatic carbocycles. The maximum Gasteiger partial charge on any atom is 0.408 e. The van der Waals surface area contributed by atoms with E-state index in [9.17, 15) is 19.2 Å². The Balaban J connectivity index is 1.93. The van der Waals surface area contributed by atoms with Gasteiger partial charge in [-0.15, -0.1) is 12.3 Å². The predicted molar refractivity (Wildman–Crippen MR) is 158 cm³/mol. The number of carbonyl (C=O) groups is 4. The Morgan fingerprint density at radius 1 is 1.24 bits per heavy atom. The number of rotatable bonds is 3. The van der Waals surface area contributed by atoms with Gasteiger partial charge in [0.2, 0.25) is 17.7 Å². The van der Waals surface area contributed by atoms with Gasteiger partial charge in [-0.1, -0.05) is 6.07 Å². The molecule has 1 saturated heterocycles. The summed E-state index contributed by atoms with van der Waals surface area (Å²) in [5.74, 6) is 1.85. The number of nitrogens with zero attached hydrogens (tertiary/aromatic N) is 1. The average Bonchev–Trinajstić information content (AvgIpc) is 2.91. The first kappa shape index (κ1) is 32.1. The van der Waals surface area contributed by atoms with Gasteiger partial charge in [0.25, 0.3) is 0 Å². The number of terminal acetylenes is 1. The number of hydrogen-bond donors (Lipinski definition) is 4. The van der Waals surface area contributed by atoms with E-state index in [1.54, 1.807) is 25.7 Å². The highest BCUT2D eigenvalue weighted by molar-refractivity contribution is 7.82. The largest absolute Gasteiger partial charge is 0.494 e. The number of fused-ring (bicyclic) bond motifs is 4. The molecule has 0 saturated carbocycles. The van der Waals surface area contributed by atoms with Crippen LogP contribution in [0.15, 0.2) is 18.2 Å². The van der Waals surface area contributed by atoms with Crippen molar-refractivity contribution in [3.05, 3.63) is 29.3 Å². The molecule has 2 unspecified atom stereocenters. The summed E-state index contributed by atoms with van der Waals surface area (Å²) in [4.78, 5) is 54.8. The quantitative estimate of drug-likeness (QED) is 0.319. The molecule has 3 rings (SSSR count). The molecular formula is C30H42N4O6S. The highest BCUT2D eigenvalue weighted by Crippen LogP contribution is 2.24. The number of alkyl carbamates (subject to hydrolysis) is 1. The second-order valence-corrected chi connectivity index (χ2v) is 12.2. The van der Waals surface area contributed by atoms with E-state index < -0.39 is 40.8 Å². The van der Waals surface area contributed by atoms with Crippen LogP contribution in [0.1, 0.15) is 64.0 Å². The zero-order valence-corrected chi connectivity index (χ0v) is 25.2. The lowest BCUT2D eigenvalue weighted by Gasteiger charge is -2.36. The number of aryl methyl sites for hydroxylation is 1. The molecule has 1 aromatic rings. The van der Waals surface area contributed by atoms with Gasteiger partial charge in [0.1, 0.15) is 28.7 Å². The third kappa shape index (κ3) is 9.59. The first-order valence-corrected chi connectivity index (χ1v) is 14.6. The minimum Gasteiger partial charge on any atom is -0.494 e. The molecule has 2 aliphatic heterocycles. The van der Waals surface area contributed by atoms with Crippen molar-refractivity contribution in [3.63, 3.8) is 0 Å². The lowest BCUT2D eigenvalue weighted by molar-refractivity contribution is -0.136. The molecule has 0 radical (unpaired) electrons. The molecule has 0 spiro atoms. The molecular weight excluding hydrogens is 544 g/mol. The minimum absolute atomic E-state index is 0.161. The van der Waals surface area contributed by atoms with Crippen LogP contribution >= 0.6 is 12.6 Å². The second kappa shape index (κ2) is 14.5. The Kier molecular flexibility index (Phi) is 11.4. The number of amides is 4. The summed E-state index contributed by atoms with van der Waals surface area (Å²) in [7, 11) is 0. The van der Waals surface area contributed by atoms with Gasteiger partial charge in [0.05, 0.1) is 6.61 Å². The SMILES string of the molecule is C#CCC[C@@H]1NC(=O)[C@@H](NC(=O)OC(C)(C)C)C(S)C(=O)N2CCCC(CCOc3ccc(C)c(c3)CNC1=O)C2. The van der Waals surface area contributed by atoms with E-state index in [1.165, 1.54) is 0 Å². The third-order valence-electron chi connectivity index (χ3n) is 7.13. The Morgan fingerprint density at radius 2 is 2.00 bits per heavy atom. The summed E-state index contributed by atoms with van der Waals surface area (Å²) in [5.41, 5.74) is 1.03. The maximum atomic E-state index is 13.6. The molecule has 224 valence electrons. The molecule has 10 nitrogen and oxygen atoms in total. The van der Waals surface area contributed by atoms with Crippen LogP contribution in [-0.2, 0) is 25.7 Å². The normalized spacial score (nSPS) is 24.5. The monoisotopic (exact) mass is 586 g/mol. The Bertz CT molecular complexity index is 1160. The number of ether oxygens (including phenoxy) is 2. The molecule has 3 N–H and O–H groups in total. The topological polar surface area (TPSA) is 126 Å². The van der Waals surface area contributed by atoms with E-state index in [-0.39, 0.29) is 31.2 Å². The first-order chi connectivity index (χ1) is 19.4. The number of piperidine rings is 1. The van der Waals surface area contributed by atoms with E-state index in [2.05, 4.69) is 34.5 Å². The van der Waals surface area contributed by atoms with Crippen molar-refractivity contribution in [2.24, 2.45) is 5.92 Å². The van der Waals surface area contributed by atoms with Crippen molar-refractivity contribution in [1.29, 1.82) is 0 Å². The Hall–Kier alpha value is -3.39. The van der Waals surface area contributed by atoms with Crippen LogP contribution in [0.3, 0.4) is 0 Å². The zero-order chi connectivity index (χ0) is 30.2. The fraction of sp³-hybridized carbons (Fsp3) is 0.600. The lowest BCUT2D eigenvalue weighted by atomic mass is 9.94. The van der Waals surface area contributed by atoms with Crippen LogP contribution in [0.4, 0.5) is 4.79 Å². The number of benzene rings is 1. The van der Waals surface area contributed by atoms with Crippen LogP contribution < -0.4 is 20.7 Å². The van der Waals surface area contributed by atoms with Gasteiger partial charge in [0, 0.05) is 26.1 Å². The van der Waals surface area contributed by atoms with Crippen LogP contribution in [0.2, 0.25) is 0 Å². The highest BCUT2D eigenvalue weighted by atomic mass is 32.1. The van der Waals surface area contributed by atoms with Crippen molar-refractivity contribution >= 4 is 36.4 Å². The fourth-order valence-corrected chi connectivity index (χ4v) is 5.26. The number of thiol groups is 1. The average molecular weight is 587 g/mol. The molecule has 41 heavy (non-hydrogen) atoms. The minimum atomic E-state index is -1.40. The molecule has 2 aliphatic rings. The van der Waals surface area contributed by atoms with Gasteiger partial charge in [-0.3, -0.25) is 14.4 Å². The van der Waals surface area contributed by atoms with Gasteiger partial charge < -0.3 is 30.3 Å². The standard InChI is InChI=1S/C30H42N4O6S/c1-6-7-10-23-26(35)31-17-21-16-22(12-11-19(21)2)39-15-13-20-9-8-14-34(18-20)28(37)25(41)24(27(36)32-23)33-29(38)40-30(3,4)5/h1,11-12,16,20,23-25,41H,7-10,13-15,17-18H2,2-5H3,(H,31,35)(H,32,36)(H,33,38)/t20?,23-,24-,25?/m0/s1. The summed E-state index contributed by atoms with van der Waals surface area (Å²) in [5, 5.41) is 6.86. The van der Waals surface area contributed by atoms with Crippen LogP contribution in [0, 0.1) is 25.2 Å². The molecule has 4 amide bonds. The maximum absolute atomic E-state index is 13.6. The van der Waals surface area contributed by atoms with Crippen molar-refractivity contribution in [1.82, 2.24) is 20.9 Å². The molecule has 4 bridgehead atoms. The van der Waals surface area contributed by atoms with Gasteiger partial charge >= 0.3 is 6.09 Å². The van der Waals surface area contributed by atoms with E-state index in [1.807, 2.05) is 25.1 Å². The van der Waals surface area contributed by atoms with Crippen molar-refractivity contribution in [2.45, 2.75) is 89.3 Å². The van der Waals surface area contributed by atoms with E-state index in [4.69, 9.17) is 15.9 Å². The molecule has 2 heterocycles. The number of carbonyl (C=O) groups excluding carboxylic acids is 4. The smallest absolute Gasteiger partial charge is 0.408 e. The summed E-state index contributed by atoms with van der Waals surface area (Å²) in [6.45, 7) is 8.72. The summed E-state index contributed by atoms with van der Waals surface area (Å²) in [6.07, 6.45) is 7.46. The fourth-order valence-electron chi connectivity index (χ4n) is 4.89. The Labute approximate surface area is 248 Å². The van der Waals surface area contributed by atoms with Crippen LogP contribution in [0.5, 0.6) is 5.75 Å². The zero-order valence-electron chi connectivity index (χ0n) is 24.3. The summed E-state index contributed by atoms with van der Waals surface area (Å²) in [6, 6.07) is 3.33. The van der Waals surface area contributed by atoms with E-state index in [0.717, 1.165) is 30.4 Å². The molecule has 1 aromatic carbocycles. The summed E-state index contributed by atoms with van der Waals surface area (Å²) < 4.78 is 11.4. The van der Waals surface area contributed by atoms with Crippen LogP contribution in [-0.4, -0.2) is 71.3 Å². The lowest BCUT2D eigenvalue weighted by Crippen LogP contribution is -2.60. The molecule has 11 heteroatoms. The summed E-state index contributed by atoms with van der Waals surface area (Å²) >= 11 is 4.52. The predicted octanol–water partition coefficient (Wildman–Crippen LogP) is 2.72. The first-order valence-electron chi connectivity index (χ1n) is 14.1. The van der Waals surface area contributed by atoms with Crippen molar-refractivity contribution in [3.8, 4) is 18.1 Å². The molecule has 4 atom stereocenters. The highest BCUT2D eigenvalue weighted by Gasteiger charge is 2.38. The van der Waals surface area contributed by atoms with Gasteiger partial charge in [-0.05, 0) is 82.6 Å². The number of nitrogens with one attached hydrogen (secondary N) is 3. The second-order valence-electron chi connectivity index (χ2n) is 11.6. The van der Waals surface area contributed by atoms with Gasteiger partial charge in [0.15, 0.2) is 0 Å². The molecule has 0 aromatic heterocycles. The third-order valence-corrected chi connectivity index (χ3v) is 7.65. The Morgan fingerprint density at radius 3 is 2.71 bits per heavy atom. The van der Waals surface area contributed by atoms with E-state index in [0.29, 0.717) is 25.4 Å². The van der Waals surface area contributed by atoms with E-state index >= 15 is 0 Å². The van der Waals surface area contributed by atoms with Gasteiger partial charge in [-0.2, -0.15) is 12.6 Å². The van der Waals surface area contributed by atoms with Gasteiger partial charge in [-0.25, -0.2) is 4.79 Å². The van der Waals surface area contributed by atoms with Crippen molar-refractivity contribution in [2.75, 3.05) is 19.7 Å².